The van der Waals surface area contributed by atoms with Gasteiger partial charge >= 0.3 is 0 Å². The van der Waals surface area contributed by atoms with Gasteiger partial charge in [0.05, 0.1) is 12.2 Å². The zero-order valence-electron chi connectivity index (χ0n) is 20.3. The first-order chi connectivity index (χ1) is 16.7. The Hall–Kier alpha value is -3.81. The molecule has 1 aromatic heterocycles. The summed E-state index contributed by atoms with van der Waals surface area (Å²) in [5.41, 5.74) is 6.57. The zero-order chi connectivity index (χ0) is 25.1. The Balaban J connectivity index is 1.83. The second-order valence-electron chi connectivity index (χ2n) is 8.89. The van der Waals surface area contributed by atoms with E-state index < -0.39 is 12.7 Å². The van der Waals surface area contributed by atoms with Crippen LogP contribution in [0.2, 0.25) is 0 Å². The van der Waals surface area contributed by atoms with Crippen molar-refractivity contribution in [1.29, 1.82) is 0 Å². The molecular formula is C28H29N3O4. The highest BCUT2D eigenvalue weighted by Crippen LogP contribution is 2.33. The first-order valence-corrected chi connectivity index (χ1v) is 11.4. The van der Waals surface area contributed by atoms with E-state index in [4.69, 9.17) is 24.8 Å². The van der Waals surface area contributed by atoms with Crippen molar-refractivity contribution >= 4 is 0 Å². The Morgan fingerprint density at radius 1 is 0.714 bits per heavy atom. The van der Waals surface area contributed by atoms with Gasteiger partial charge in [-0.25, -0.2) is 15.0 Å². The van der Waals surface area contributed by atoms with E-state index in [-0.39, 0.29) is 12.4 Å². The molecule has 1 unspecified atom stereocenters. The van der Waals surface area contributed by atoms with Crippen molar-refractivity contribution in [3.8, 4) is 45.7 Å². The number of phenols is 1. The molecule has 7 heteroatoms. The first-order valence-electron chi connectivity index (χ1n) is 11.4. The van der Waals surface area contributed by atoms with Crippen molar-refractivity contribution in [2.45, 2.75) is 33.8 Å². The van der Waals surface area contributed by atoms with E-state index in [0.29, 0.717) is 28.8 Å². The minimum Gasteiger partial charge on any atom is -0.507 e. The third-order valence-electron chi connectivity index (χ3n) is 5.46. The van der Waals surface area contributed by atoms with Crippen LogP contribution in [-0.4, -0.2) is 49.6 Å². The number of benzene rings is 3. The fourth-order valence-electron chi connectivity index (χ4n) is 4.00. The molecule has 0 saturated heterocycles. The molecule has 3 N–H and O–H groups in total. The number of aliphatic hydroxyl groups excluding tert-OH is 2. The summed E-state index contributed by atoms with van der Waals surface area (Å²) < 4.78 is 5.45. The van der Waals surface area contributed by atoms with E-state index in [2.05, 4.69) is 12.1 Å². The van der Waals surface area contributed by atoms with Crippen molar-refractivity contribution in [3.63, 3.8) is 0 Å². The second kappa shape index (κ2) is 10.2. The maximum Gasteiger partial charge on any atom is 0.167 e. The predicted molar refractivity (Wildman–Crippen MR) is 135 cm³/mol. The Bertz CT molecular complexity index is 1260. The van der Waals surface area contributed by atoms with Crippen molar-refractivity contribution in [2.24, 2.45) is 0 Å². The van der Waals surface area contributed by atoms with Crippen LogP contribution in [0.5, 0.6) is 11.5 Å². The van der Waals surface area contributed by atoms with Gasteiger partial charge in [0, 0.05) is 17.2 Å². The summed E-state index contributed by atoms with van der Waals surface area (Å²) in [4.78, 5) is 14.2. The third kappa shape index (κ3) is 5.82. The normalized spacial score (nSPS) is 11.9. The summed E-state index contributed by atoms with van der Waals surface area (Å²) in [5.74, 6) is 1.66. The molecule has 180 valence electrons. The van der Waals surface area contributed by atoms with E-state index in [1.54, 1.807) is 12.1 Å². The summed E-state index contributed by atoms with van der Waals surface area (Å²) in [7, 11) is 0. The topological polar surface area (TPSA) is 109 Å². The first kappa shape index (κ1) is 24.3. The number of nitrogens with zero attached hydrogens (tertiary/aromatic N) is 3. The molecule has 35 heavy (non-hydrogen) atoms. The van der Waals surface area contributed by atoms with Crippen molar-refractivity contribution in [2.75, 3.05) is 13.2 Å². The van der Waals surface area contributed by atoms with Gasteiger partial charge in [-0.05, 0) is 64.1 Å². The molecule has 0 bridgehead atoms. The molecule has 0 aliphatic rings. The number of ether oxygens (including phenoxy) is 1. The molecule has 0 aliphatic carbocycles. The van der Waals surface area contributed by atoms with Crippen LogP contribution >= 0.6 is 0 Å². The highest BCUT2D eigenvalue weighted by Gasteiger charge is 2.16. The maximum atomic E-state index is 10.8. The van der Waals surface area contributed by atoms with Gasteiger partial charge in [0.15, 0.2) is 17.5 Å². The minimum atomic E-state index is -0.999. The highest BCUT2D eigenvalue weighted by molar-refractivity contribution is 5.71. The summed E-state index contributed by atoms with van der Waals surface area (Å²) in [6, 6.07) is 17.1. The molecule has 0 spiro atoms. The Kier molecular flexibility index (Phi) is 7.10. The average Bonchev–Trinajstić information content (AvgIpc) is 2.81. The molecule has 3 aromatic carbocycles. The average molecular weight is 472 g/mol. The van der Waals surface area contributed by atoms with Crippen LogP contribution in [0.15, 0.2) is 54.6 Å². The van der Waals surface area contributed by atoms with Crippen LogP contribution in [0, 0.1) is 27.7 Å². The SMILES string of the molecule is Cc1cc(C)cc(-c2nc(-c3cc(C)cc(C)c3)nc(-c3ccc(OCC(O)CO)cc3O)n2)c1. The monoisotopic (exact) mass is 471 g/mol. The molecular weight excluding hydrogens is 442 g/mol. The lowest BCUT2D eigenvalue weighted by atomic mass is 10.1. The van der Waals surface area contributed by atoms with Crippen LogP contribution in [0.25, 0.3) is 34.2 Å². The maximum absolute atomic E-state index is 10.8. The van der Waals surface area contributed by atoms with Gasteiger partial charge in [-0.3, -0.25) is 0 Å². The Morgan fingerprint density at radius 3 is 1.66 bits per heavy atom. The van der Waals surface area contributed by atoms with E-state index in [9.17, 15) is 10.2 Å². The molecule has 0 radical (unpaired) electrons. The second-order valence-corrected chi connectivity index (χ2v) is 8.89. The zero-order valence-corrected chi connectivity index (χ0v) is 20.3. The number of aryl methyl sites for hydroxylation is 4. The van der Waals surface area contributed by atoms with E-state index in [1.165, 1.54) is 6.07 Å². The van der Waals surface area contributed by atoms with Crippen LogP contribution in [0.1, 0.15) is 22.3 Å². The van der Waals surface area contributed by atoms with Gasteiger partial charge in [0.25, 0.3) is 0 Å². The molecule has 4 aromatic rings. The van der Waals surface area contributed by atoms with Crippen molar-refractivity contribution < 1.29 is 20.1 Å². The Morgan fingerprint density at radius 2 is 1.20 bits per heavy atom. The van der Waals surface area contributed by atoms with Crippen LogP contribution < -0.4 is 4.74 Å². The molecule has 0 fully saturated rings. The number of hydrogen-bond acceptors (Lipinski definition) is 7. The quantitative estimate of drug-likeness (QED) is 0.363. The number of hydrogen-bond donors (Lipinski definition) is 3. The largest absolute Gasteiger partial charge is 0.507 e. The molecule has 0 saturated carbocycles. The van der Waals surface area contributed by atoms with Gasteiger partial charge in [0.2, 0.25) is 0 Å². The summed E-state index contributed by atoms with van der Waals surface area (Å²) in [6.45, 7) is 7.62. The number of aliphatic hydroxyl groups is 2. The predicted octanol–water partition coefficient (Wildman–Crippen LogP) is 4.54. The van der Waals surface area contributed by atoms with E-state index >= 15 is 0 Å². The molecule has 1 heterocycles. The minimum absolute atomic E-state index is 0.0649. The summed E-state index contributed by atoms with van der Waals surface area (Å²) >= 11 is 0. The number of aromatic hydroxyl groups is 1. The number of aromatic nitrogens is 3. The van der Waals surface area contributed by atoms with Crippen LogP contribution in [0.3, 0.4) is 0 Å². The van der Waals surface area contributed by atoms with Crippen molar-refractivity contribution in [1.82, 2.24) is 15.0 Å². The van der Waals surface area contributed by atoms with Crippen LogP contribution in [-0.2, 0) is 0 Å². The molecule has 1 atom stereocenters. The van der Waals surface area contributed by atoms with Gasteiger partial charge in [-0.15, -0.1) is 0 Å². The fraction of sp³-hybridized carbons (Fsp3) is 0.250. The summed E-state index contributed by atoms with van der Waals surface area (Å²) in [5, 5.41) is 29.3. The van der Waals surface area contributed by atoms with Gasteiger partial charge < -0.3 is 20.1 Å². The highest BCUT2D eigenvalue weighted by atomic mass is 16.5. The lowest BCUT2D eigenvalue weighted by molar-refractivity contribution is 0.0535. The van der Waals surface area contributed by atoms with Crippen molar-refractivity contribution in [3.05, 3.63) is 76.9 Å². The number of phenolic OH excluding ortho intramolecular Hbond substituents is 1. The van der Waals surface area contributed by atoms with Gasteiger partial charge in [-0.2, -0.15) is 0 Å². The molecule has 0 amide bonds. The van der Waals surface area contributed by atoms with Crippen LogP contribution in [0.4, 0.5) is 0 Å². The van der Waals surface area contributed by atoms with E-state index in [0.717, 1.165) is 33.4 Å². The lowest BCUT2D eigenvalue weighted by Gasteiger charge is -2.13. The smallest absolute Gasteiger partial charge is 0.167 e. The van der Waals surface area contributed by atoms with E-state index in [1.807, 2.05) is 52.0 Å². The lowest BCUT2D eigenvalue weighted by Crippen LogP contribution is -2.21. The summed E-state index contributed by atoms with van der Waals surface area (Å²) in [6.07, 6.45) is -0.999. The molecule has 0 aliphatic heterocycles. The van der Waals surface area contributed by atoms with Gasteiger partial charge in [0.1, 0.15) is 24.2 Å². The third-order valence-corrected chi connectivity index (χ3v) is 5.46. The Labute approximate surface area is 204 Å². The standard InChI is InChI=1S/C28H29N3O4/c1-16-7-17(2)10-20(9-16)26-29-27(21-11-18(3)8-19(4)12-21)31-28(30-26)24-6-5-23(13-25(24)34)35-15-22(33)14-32/h5-13,22,32-34H,14-15H2,1-4H3. The fourth-order valence-corrected chi connectivity index (χ4v) is 4.00. The van der Waals surface area contributed by atoms with Gasteiger partial charge in [-0.1, -0.05) is 34.4 Å². The molecule has 7 nitrogen and oxygen atoms in total. The number of rotatable bonds is 7. The molecule has 4 rings (SSSR count).